The molecule has 0 radical (unpaired) electrons. The normalized spacial score (nSPS) is 19.7. The molecule has 0 saturated heterocycles. The third-order valence-corrected chi connectivity index (χ3v) is 2.61. The number of hydrogen-bond donors (Lipinski definition) is 0. The minimum absolute atomic E-state index is 0.912. The van der Waals surface area contributed by atoms with Crippen molar-refractivity contribution in [3.05, 3.63) is 11.6 Å². The summed E-state index contributed by atoms with van der Waals surface area (Å²) in [5, 5.41) is 0. The smallest absolute Gasteiger partial charge is 0.0197 e. The Bertz CT molecular complexity index is 131. The van der Waals surface area contributed by atoms with Crippen LogP contribution in [0, 0.1) is 5.92 Å². The molecule has 0 aliphatic heterocycles. The Morgan fingerprint density at radius 2 is 1.77 bits per heavy atom. The number of hydrogen-bond acceptors (Lipinski definition) is 0. The van der Waals surface area contributed by atoms with Crippen molar-refractivity contribution < 1.29 is 0 Å². The maximum atomic E-state index is 2.37. The van der Waals surface area contributed by atoms with Crippen LogP contribution < -0.4 is 0 Å². The molecule has 1 rings (SSSR count). The zero-order valence-corrected chi connectivity index (χ0v) is 9.90. The van der Waals surface area contributed by atoms with Gasteiger partial charge in [-0.15, -0.1) is 0 Å². The van der Waals surface area contributed by atoms with Crippen LogP contribution in [0.4, 0.5) is 0 Å². The maximum absolute atomic E-state index is 2.37. The van der Waals surface area contributed by atoms with Gasteiger partial charge in [0.15, 0.2) is 0 Å². The summed E-state index contributed by atoms with van der Waals surface area (Å²) in [6.45, 7) is 8.98. The number of rotatable bonds is 4. The van der Waals surface area contributed by atoms with Gasteiger partial charge in [0.1, 0.15) is 0 Å². The van der Waals surface area contributed by atoms with E-state index >= 15 is 0 Å². The zero-order valence-electron chi connectivity index (χ0n) is 9.90. The van der Waals surface area contributed by atoms with E-state index in [1.807, 2.05) is 0 Å². The fourth-order valence-corrected chi connectivity index (χ4v) is 1.51. The van der Waals surface area contributed by atoms with Gasteiger partial charge in [0.25, 0.3) is 0 Å². The minimum Gasteiger partial charge on any atom is -0.0845 e. The van der Waals surface area contributed by atoms with Gasteiger partial charge in [-0.25, -0.2) is 0 Å². The maximum Gasteiger partial charge on any atom is -0.0197 e. The predicted octanol–water partition coefficient (Wildman–Crippen LogP) is 4.95. The molecule has 0 aromatic carbocycles. The molecule has 0 aromatic heterocycles. The van der Waals surface area contributed by atoms with Crippen molar-refractivity contribution in [1.82, 2.24) is 0 Å². The van der Waals surface area contributed by atoms with Crippen molar-refractivity contribution >= 4 is 0 Å². The summed E-state index contributed by atoms with van der Waals surface area (Å²) < 4.78 is 0. The highest BCUT2D eigenvalue weighted by Gasteiger charge is 2.13. The molecule has 0 heteroatoms. The molecule has 1 unspecified atom stereocenters. The predicted molar refractivity (Wildman–Crippen MR) is 62.0 cm³/mol. The van der Waals surface area contributed by atoms with Crippen LogP contribution in [0.1, 0.15) is 66.2 Å². The van der Waals surface area contributed by atoms with Crippen molar-refractivity contribution in [2.75, 3.05) is 0 Å². The highest BCUT2D eigenvalue weighted by atomic mass is 14.2. The monoisotopic (exact) mass is 182 g/mol. The van der Waals surface area contributed by atoms with Crippen LogP contribution in [-0.4, -0.2) is 0 Å². The van der Waals surface area contributed by atoms with Crippen molar-refractivity contribution in [3.8, 4) is 0 Å². The summed E-state index contributed by atoms with van der Waals surface area (Å²) in [7, 11) is 0. The van der Waals surface area contributed by atoms with E-state index in [9.17, 15) is 0 Å². The van der Waals surface area contributed by atoms with E-state index in [0.29, 0.717) is 0 Å². The van der Waals surface area contributed by atoms with Gasteiger partial charge in [-0.1, -0.05) is 65.0 Å². The van der Waals surface area contributed by atoms with E-state index in [1.165, 1.54) is 38.5 Å². The molecule has 0 spiro atoms. The van der Waals surface area contributed by atoms with Crippen LogP contribution in [0.3, 0.4) is 0 Å². The van der Waals surface area contributed by atoms with E-state index in [4.69, 9.17) is 0 Å². The van der Waals surface area contributed by atoms with Crippen molar-refractivity contribution in [1.29, 1.82) is 0 Å². The SMILES string of the molecule is CCCC1=CCC1C.CCCCC. The third kappa shape index (κ3) is 5.90. The standard InChI is InChI=1S/C8H14.C5H12/c1-3-4-8-6-5-7(8)2;1-3-5-4-2/h6-7H,3-5H2,1-2H3;3-5H2,1-2H3. The molecule has 13 heavy (non-hydrogen) atoms. The molecular weight excluding hydrogens is 156 g/mol. The highest BCUT2D eigenvalue weighted by Crippen LogP contribution is 2.29. The Morgan fingerprint density at radius 1 is 1.15 bits per heavy atom. The topological polar surface area (TPSA) is 0 Å². The summed E-state index contributed by atoms with van der Waals surface area (Å²) in [4.78, 5) is 0. The average Bonchev–Trinajstić information content (AvgIpc) is 2.14. The van der Waals surface area contributed by atoms with Crippen molar-refractivity contribution in [2.24, 2.45) is 5.92 Å². The Kier molecular flexibility index (Phi) is 8.18. The van der Waals surface area contributed by atoms with Gasteiger partial charge in [0, 0.05) is 0 Å². The lowest BCUT2D eigenvalue weighted by molar-refractivity contribution is 0.582. The van der Waals surface area contributed by atoms with Gasteiger partial charge in [0.2, 0.25) is 0 Å². The number of unbranched alkanes of at least 4 members (excludes halogenated alkanes) is 2. The first-order valence-electron chi connectivity index (χ1n) is 5.95. The molecule has 0 fully saturated rings. The molecule has 1 aliphatic rings. The lowest BCUT2D eigenvalue weighted by Crippen LogP contribution is -2.07. The largest absolute Gasteiger partial charge is 0.0845 e. The van der Waals surface area contributed by atoms with E-state index in [-0.39, 0.29) is 0 Å². The van der Waals surface area contributed by atoms with Crippen LogP contribution in [-0.2, 0) is 0 Å². The first-order valence-corrected chi connectivity index (χ1v) is 5.95. The third-order valence-electron chi connectivity index (χ3n) is 2.61. The fraction of sp³-hybridized carbons (Fsp3) is 0.846. The Balaban J connectivity index is 0.000000252. The second-order valence-corrected chi connectivity index (χ2v) is 4.02. The van der Waals surface area contributed by atoms with E-state index in [1.54, 1.807) is 5.57 Å². The van der Waals surface area contributed by atoms with Gasteiger partial charge < -0.3 is 0 Å². The van der Waals surface area contributed by atoms with E-state index < -0.39 is 0 Å². The Morgan fingerprint density at radius 3 is 1.85 bits per heavy atom. The van der Waals surface area contributed by atoms with E-state index in [2.05, 4.69) is 33.8 Å². The molecular formula is C13H26. The molecule has 1 aliphatic carbocycles. The van der Waals surface area contributed by atoms with Crippen LogP contribution in [0.2, 0.25) is 0 Å². The summed E-state index contributed by atoms with van der Waals surface area (Å²) in [5.74, 6) is 0.912. The van der Waals surface area contributed by atoms with Gasteiger partial charge in [-0.2, -0.15) is 0 Å². The summed E-state index contributed by atoms with van der Waals surface area (Å²) >= 11 is 0. The molecule has 0 saturated carbocycles. The quantitative estimate of drug-likeness (QED) is 0.540. The molecule has 0 amide bonds. The van der Waals surface area contributed by atoms with Crippen molar-refractivity contribution in [2.45, 2.75) is 66.2 Å². The molecule has 0 bridgehead atoms. The Labute approximate surface area is 84.4 Å². The summed E-state index contributed by atoms with van der Waals surface area (Å²) in [6.07, 6.45) is 10.4. The minimum atomic E-state index is 0.912. The van der Waals surface area contributed by atoms with Crippen molar-refractivity contribution in [3.63, 3.8) is 0 Å². The van der Waals surface area contributed by atoms with Crippen LogP contribution in [0.25, 0.3) is 0 Å². The zero-order chi connectivity index (χ0) is 10.1. The van der Waals surface area contributed by atoms with Crippen LogP contribution in [0.5, 0.6) is 0 Å². The molecule has 78 valence electrons. The average molecular weight is 182 g/mol. The second kappa shape index (κ2) is 8.34. The van der Waals surface area contributed by atoms with Gasteiger partial charge in [-0.3, -0.25) is 0 Å². The second-order valence-electron chi connectivity index (χ2n) is 4.02. The fourth-order valence-electron chi connectivity index (χ4n) is 1.51. The van der Waals surface area contributed by atoms with Crippen LogP contribution in [0.15, 0.2) is 11.6 Å². The molecule has 1 atom stereocenters. The molecule has 0 heterocycles. The molecule has 0 nitrogen and oxygen atoms in total. The van der Waals surface area contributed by atoms with Crippen LogP contribution >= 0.6 is 0 Å². The lowest BCUT2D eigenvalue weighted by atomic mass is 9.84. The van der Waals surface area contributed by atoms with Gasteiger partial charge in [-0.05, 0) is 18.8 Å². The summed E-state index contributed by atoms with van der Waals surface area (Å²) in [6, 6.07) is 0. The lowest BCUT2D eigenvalue weighted by Gasteiger charge is -2.22. The van der Waals surface area contributed by atoms with Gasteiger partial charge in [0.05, 0.1) is 0 Å². The first-order chi connectivity index (χ1) is 6.26. The summed E-state index contributed by atoms with van der Waals surface area (Å²) in [5.41, 5.74) is 1.69. The number of allylic oxidation sites excluding steroid dienone is 2. The van der Waals surface area contributed by atoms with E-state index in [0.717, 1.165) is 5.92 Å². The molecule has 0 aromatic rings. The Hall–Kier alpha value is -0.260. The first kappa shape index (κ1) is 12.7. The molecule has 0 N–H and O–H groups in total. The van der Waals surface area contributed by atoms with Gasteiger partial charge >= 0.3 is 0 Å². The highest BCUT2D eigenvalue weighted by molar-refractivity contribution is 5.16.